The van der Waals surface area contributed by atoms with Crippen molar-refractivity contribution in [2.45, 2.75) is 34.6 Å². The van der Waals surface area contributed by atoms with E-state index in [2.05, 4.69) is 71.0 Å². The van der Waals surface area contributed by atoms with Gasteiger partial charge in [-0.15, -0.1) is 34.0 Å². The van der Waals surface area contributed by atoms with Crippen molar-refractivity contribution in [1.82, 2.24) is 0 Å². The van der Waals surface area contributed by atoms with Gasteiger partial charge in [0.15, 0.2) is 5.30 Å². The fraction of sp³-hybridized carbons (Fsp3) is 0.172. The van der Waals surface area contributed by atoms with Crippen LogP contribution in [0.1, 0.15) is 25.1 Å². The van der Waals surface area contributed by atoms with E-state index in [0.29, 0.717) is 0 Å². The molecule has 0 aliphatic carbocycles. The molecule has 3 heterocycles. The van der Waals surface area contributed by atoms with Gasteiger partial charge in [-0.05, 0) is 82.6 Å². The molecule has 170 valence electrons. The highest BCUT2D eigenvalue weighted by Crippen LogP contribution is 2.48. The van der Waals surface area contributed by atoms with Gasteiger partial charge in [0.25, 0.3) is 0 Å². The van der Waals surface area contributed by atoms with Gasteiger partial charge in [0, 0.05) is 46.0 Å². The van der Waals surface area contributed by atoms with E-state index < -0.39 is 7.80 Å². The van der Waals surface area contributed by atoms with E-state index in [1.165, 1.54) is 51.5 Å². The second-order valence-electron chi connectivity index (χ2n) is 8.66. The Hall–Kier alpha value is -2.36. The van der Waals surface area contributed by atoms with Gasteiger partial charge >= 0.3 is 7.80 Å². The molecule has 0 saturated heterocycles. The molecule has 0 aliphatic rings. The summed E-state index contributed by atoms with van der Waals surface area (Å²) in [6.07, 6.45) is 0. The maximum atomic E-state index is 13.7. The van der Waals surface area contributed by atoms with E-state index in [1.54, 1.807) is 0 Å². The molecular weight excluding hydrogens is 491 g/mol. The van der Waals surface area contributed by atoms with Gasteiger partial charge in [0.1, 0.15) is 0 Å². The fourth-order valence-corrected chi connectivity index (χ4v) is 9.03. The van der Waals surface area contributed by atoms with Crippen molar-refractivity contribution in [3.8, 4) is 32.0 Å². The molecule has 5 aromatic rings. The molecule has 0 bridgehead atoms. The minimum atomic E-state index is -1.68. The zero-order chi connectivity index (χ0) is 24.0. The second-order valence-corrected chi connectivity index (χ2v) is 14.2. The van der Waals surface area contributed by atoms with E-state index in [1.807, 2.05) is 64.3 Å². The number of rotatable bonds is 5. The minimum Gasteiger partial charge on any atom is -0.145 e. The van der Waals surface area contributed by atoms with Gasteiger partial charge in [0.2, 0.25) is 5.30 Å². The lowest BCUT2D eigenvalue weighted by Crippen LogP contribution is -2.09. The highest BCUT2D eigenvalue weighted by molar-refractivity contribution is 7.61. The predicted molar refractivity (Wildman–Crippen MR) is 153 cm³/mol. The zero-order valence-electron chi connectivity index (χ0n) is 19.9. The van der Waals surface area contributed by atoms with Gasteiger partial charge in [-0.1, -0.05) is 34.4 Å². The molecule has 0 spiro atoms. The minimum absolute atomic E-state index is 0.869. The van der Waals surface area contributed by atoms with E-state index in [-0.39, 0.29) is 0 Å². The van der Waals surface area contributed by atoms with Crippen LogP contribution in [0.5, 0.6) is 0 Å². The Morgan fingerprint density at radius 2 is 1.26 bits per heavy atom. The first kappa shape index (κ1) is 23.4. The lowest BCUT2D eigenvalue weighted by molar-refractivity contribution is 0.598. The third-order valence-electron chi connectivity index (χ3n) is 5.98. The molecule has 1 atom stereocenters. The first-order valence-corrected chi connectivity index (χ1v) is 14.9. The van der Waals surface area contributed by atoms with Crippen LogP contribution in [0.4, 0.5) is 0 Å². The topological polar surface area (TPSA) is 17.1 Å². The molecule has 0 aliphatic heterocycles. The summed E-state index contributed by atoms with van der Waals surface area (Å²) in [6, 6.07) is 23.1. The summed E-state index contributed by atoms with van der Waals surface area (Å²) in [5, 5.41) is 1.77. The first-order chi connectivity index (χ1) is 16.3. The van der Waals surface area contributed by atoms with Crippen LogP contribution in [0.25, 0.3) is 32.0 Å². The van der Waals surface area contributed by atoms with E-state index >= 15 is 0 Å². The summed E-state index contributed by atoms with van der Waals surface area (Å²) in [7, 11) is -1.68. The number of hydrogen-bond acceptors (Lipinski definition) is 4. The van der Waals surface area contributed by atoms with Gasteiger partial charge in [-0.2, -0.15) is 0 Å². The summed E-state index contributed by atoms with van der Waals surface area (Å²) >= 11 is 5.53. The van der Waals surface area contributed by atoms with E-state index in [9.17, 15) is 4.57 Å². The van der Waals surface area contributed by atoms with Crippen molar-refractivity contribution in [1.29, 1.82) is 0 Å². The van der Waals surface area contributed by atoms with Crippen LogP contribution in [0.2, 0.25) is 0 Å². The number of benzene rings is 2. The Labute approximate surface area is 214 Å². The molecular formula is C29H26OPS3+. The molecule has 34 heavy (non-hydrogen) atoms. The molecule has 1 nitrogen and oxygen atoms in total. The third-order valence-corrected chi connectivity index (χ3v) is 10.7. The van der Waals surface area contributed by atoms with Crippen molar-refractivity contribution < 1.29 is 4.57 Å². The first-order valence-electron chi connectivity index (χ1n) is 11.2. The standard InChI is InChI=1S/C29H26OPS3/c1-17-11-12-27(31(30)22-9-7-6-8-10-22)26(13-17)28-16-25(23-14-18(2)32-20(23)4)29(34-28)24-15-19(3)33-21(24)5/h6-16H,1-5H3/q+1. The zero-order valence-corrected chi connectivity index (χ0v) is 23.3. The summed E-state index contributed by atoms with van der Waals surface area (Å²) in [5.74, 6) is 0. The van der Waals surface area contributed by atoms with Gasteiger partial charge in [-0.3, -0.25) is 0 Å². The fourth-order valence-electron chi connectivity index (χ4n) is 4.41. The van der Waals surface area contributed by atoms with Gasteiger partial charge in [0.05, 0.1) is 0 Å². The second kappa shape index (κ2) is 9.36. The van der Waals surface area contributed by atoms with Gasteiger partial charge < -0.3 is 0 Å². The van der Waals surface area contributed by atoms with Crippen molar-refractivity contribution in [2.75, 3.05) is 0 Å². The summed E-state index contributed by atoms with van der Waals surface area (Å²) in [4.78, 5) is 7.82. The van der Waals surface area contributed by atoms with E-state index in [0.717, 1.165) is 16.2 Å². The summed E-state index contributed by atoms with van der Waals surface area (Å²) in [5.41, 5.74) is 6.17. The monoisotopic (exact) mass is 517 g/mol. The third kappa shape index (κ3) is 4.36. The molecule has 5 heteroatoms. The SMILES string of the molecule is Cc1ccc([P+](=O)c2ccccc2)c(-c2cc(-c3cc(C)sc3C)c(-c3cc(C)sc3C)s2)c1. The molecule has 0 amide bonds. The highest BCUT2D eigenvalue weighted by atomic mass is 32.1. The van der Waals surface area contributed by atoms with Crippen LogP contribution in [0.3, 0.4) is 0 Å². The number of thiophene rings is 3. The van der Waals surface area contributed by atoms with Crippen molar-refractivity contribution in [3.05, 3.63) is 91.8 Å². The lowest BCUT2D eigenvalue weighted by Gasteiger charge is -2.03. The maximum Gasteiger partial charge on any atom is 0.415 e. The molecule has 0 N–H and O–H groups in total. The Kier molecular flexibility index (Phi) is 6.43. The largest absolute Gasteiger partial charge is 0.415 e. The molecule has 3 aromatic heterocycles. The smallest absolute Gasteiger partial charge is 0.145 e. The highest BCUT2D eigenvalue weighted by Gasteiger charge is 2.29. The Morgan fingerprint density at radius 1 is 0.618 bits per heavy atom. The summed E-state index contributed by atoms with van der Waals surface area (Å²) in [6.45, 7) is 10.9. The quantitative estimate of drug-likeness (QED) is 0.212. The van der Waals surface area contributed by atoms with Gasteiger partial charge in [-0.25, -0.2) is 0 Å². The Morgan fingerprint density at radius 3 is 1.88 bits per heavy atom. The van der Waals surface area contributed by atoms with Crippen LogP contribution >= 0.6 is 41.8 Å². The van der Waals surface area contributed by atoms with Crippen LogP contribution < -0.4 is 10.6 Å². The van der Waals surface area contributed by atoms with Crippen molar-refractivity contribution in [3.63, 3.8) is 0 Å². The van der Waals surface area contributed by atoms with Crippen molar-refractivity contribution >= 4 is 52.4 Å². The van der Waals surface area contributed by atoms with E-state index in [4.69, 9.17) is 0 Å². The predicted octanol–water partition coefficient (Wildman–Crippen LogP) is 9.19. The average Bonchev–Trinajstić information content (AvgIpc) is 3.49. The number of hydrogen-bond donors (Lipinski definition) is 0. The number of aryl methyl sites for hydroxylation is 5. The lowest BCUT2D eigenvalue weighted by atomic mass is 10.0. The normalized spacial score (nSPS) is 11.7. The Bertz CT molecular complexity index is 1450. The average molecular weight is 518 g/mol. The maximum absolute atomic E-state index is 13.7. The van der Waals surface area contributed by atoms with Crippen molar-refractivity contribution in [2.24, 2.45) is 0 Å². The summed E-state index contributed by atoms with van der Waals surface area (Å²) < 4.78 is 13.7. The van der Waals surface area contributed by atoms with Crippen LogP contribution in [-0.4, -0.2) is 0 Å². The molecule has 2 aromatic carbocycles. The Balaban J connectivity index is 1.74. The van der Waals surface area contributed by atoms with Crippen LogP contribution in [-0.2, 0) is 4.57 Å². The van der Waals surface area contributed by atoms with Crippen LogP contribution in [0.15, 0.2) is 66.7 Å². The van der Waals surface area contributed by atoms with Crippen LogP contribution in [0, 0.1) is 34.6 Å². The molecule has 5 rings (SSSR count). The molecule has 0 radical (unpaired) electrons. The molecule has 0 saturated carbocycles. The molecule has 1 unspecified atom stereocenters. The molecule has 0 fully saturated rings.